The summed E-state index contributed by atoms with van der Waals surface area (Å²) in [5.74, 6) is 0.502. The number of rotatable bonds is 3. The van der Waals surface area contributed by atoms with Gasteiger partial charge >= 0.3 is 6.18 Å². The SMILES string of the molecule is COc1ccc2c(n1)c(CCN)c1n2Cc2cc(C(F)(F)F)ccc2-1. The minimum Gasteiger partial charge on any atom is -0.481 e. The summed E-state index contributed by atoms with van der Waals surface area (Å²) >= 11 is 0. The molecule has 0 saturated carbocycles. The van der Waals surface area contributed by atoms with Gasteiger partial charge < -0.3 is 15.0 Å². The van der Waals surface area contributed by atoms with Gasteiger partial charge in [-0.1, -0.05) is 6.07 Å². The Kier molecular flexibility index (Phi) is 3.50. The number of methoxy groups -OCH3 is 1. The molecule has 0 amide bonds. The molecule has 1 aliphatic heterocycles. The van der Waals surface area contributed by atoms with Crippen molar-refractivity contribution in [3.8, 4) is 17.1 Å². The molecular formula is C18H16F3N3O. The molecule has 0 fully saturated rings. The van der Waals surface area contributed by atoms with Gasteiger partial charge in [-0.15, -0.1) is 0 Å². The van der Waals surface area contributed by atoms with Crippen LogP contribution in [0, 0.1) is 0 Å². The number of nitrogens with zero attached hydrogens (tertiary/aromatic N) is 2. The minimum absolute atomic E-state index is 0.393. The second kappa shape index (κ2) is 5.49. The van der Waals surface area contributed by atoms with Gasteiger partial charge in [-0.3, -0.25) is 0 Å². The molecule has 25 heavy (non-hydrogen) atoms. The number of aromatic nitrogens is 2. The monoisotopic (exact) mass is 347 g/mol. The van der Waals surface area contributed by atoms with E-state index in [9.17, 15) is 13.2 Å². The molecular weight excluding hydrogens is 331 g/mol. The summed E-state index contributed by atoms with van der Waals surface area (Å²) in [6.07, 6.45) is -3.75. The lowest BCUT2D eigenvalue weighted by Gasteiger charge is -2.09. The van der Waals surface area contributed by atoms with Gasteiger partial charge in [0.2, 0.25) is 5.88 Å². The third kappa shape index (κ3) is 2.38. The molecule has 4 rings (SSSR count). The second-order valence-corrected chi connectivity index (χ2v) is 6.04. The summed E-state index contributed by atoms with van der Waals surface area (Å²) in [4.78, 5) is 4.53. The molecule has 3 aromatic rings. The maximum atomic E-state index is 13.0. The molecule has 1 aliphatic rings. The molecule has 0 bridgehead atoms. The van der Waals surface area contributed by atoms with Gasteiger partial charge in [-0.25, -0.2) is 4.98 Å². The number of pyridine rings is 1. The Hall–Kier alpha value is -2.54. The van der Waals surface area contributed by atoms with Crippen LogP contribution in [0.1, 0.15) is 16.7 Å². The average Bonchev–Trinajstić information content (AvgIpc) is 3.09. The fourth-order valence-electron chi connectivity index (χ4n) is 3.54. The summed E-state index contributed by atoms with van der Waals surface area (Å²) in [5, 5.41) is 0. The van der Waals surface area contributed by atoms with Gasteiger partial charge in [0.25, 0.3) is 0 Å². The van der Waals surface area contributed by atoms with Crippen LogP contribution in [0.3, 0.4) is 0 Å². The van der Waals surface area contributed by atoms with E-state index in [1.807, 2.05) is 10.6 Å². The average molecular weight is 347 g/mol. The molecule has 0 unspecified atom stereocenters. The van der Waals surface area contributed by atoms with Crippen molar-refractivity contribution in [3.05, 3.63) is 47.0 Å². The Morgan fingerprint density at radius 1 is 1.24 bits per heavy atom. The van der Waals surface area contributed by atoms with E-state index in [-0.39, 0.29) is 0 Å². The fourth-order valence-corrected chi connectivity index (χ4v) is 3.54. The first-order valence-electron chi connectivity index (χ1n) is 7.90. The highest BCUT2D eigenvalue weighted by Gasteiger charge is 2.33. The number of nitrogens with two attached hydrogens (primary N) is 1. The third-order valence-electron chi connectivity index (χ3n) is 4.60. The number of hydrogen-bond acceptors (Lipinski definition) is 3. The Bertz CT molecular complexity index is 976. The zero-order chi connectivity index (χ0) is 17.8. The molecule has 7 heteroatoms. The van der Waals surface area contributed by atoms with E-state index >= 15 is 0 Å². The van der Waals surface area contributed by atoms with Crippen LogP contribution in [0.4, 0.5) is 13.2 Å². The first-order valence-corrected chi connectivity index (χ1v) is 7.90. The van der Waals surface area contributed by atoms with Crippen molar-refractivity contribution in [1.82, 2.24) is 9.55 Å². The Morgan fingerprint density at radius 2 is 2.04 bits per heavy atom. The predicted molar refractivity (Wildman–Crippen MR) is 88.6 cm³/mol. The van der Waals surface area contributed by atoms with Gasteiger partial charge in [0.05, 0.1) is 29.4 Å². The van der Waals surface area contributed by atoms with Crippen molar-refractivity contribution in [2.75, 3.05) is 13.7 Å². The summed E-state index contributed by atoms with van der Waals surface area (Å²) < 4.78 is 46.2. The molecule has 0 saturated heterocycles. The van der Waals surface area contributed by atoms with Crippen molar-refractivity contribution >= 4 is 11.0 Å². The van der Waals surface area contributed by atoms with E-state index in [0.29, 0.717) is 31.0 Å². The molecule has 0 atom stereocenters. The minimum atomic E-state index is -4.34. The zero-order valence-electron chi connectivity index (χ0n) is 13.5. The predicted octanol–water partition coefficient (Wildman–Crippen LogP) is 3.59. The van der Waals surface area contributed by atoms with Gasteiger partial charge in [-0.05, 0) is 36.7 Å². The van der Waals surface area contributed by atoms with Gasteiger partial charge in [0, 0.05) is 23.7 Å². The zero-order valence-corrected chi connectivity index (χ0v) is 13.5. The lowest BCUT2D eigenvalue weighted by atomic mass is 10.00. The highest BCUT2D eigenvalue weighted by atomic mass is 19.4. The van der Waals surface area contributed by atoms with Gasteiger partial charge in [0.15, 0.2) is 0 Å². The van der Waals surface area contributed by atoms with Crippen molar-refractivity contribution < 1.29 is 17.9 Å². The topological polar surface area (TPSA) is 53.1 Å². The molecule has 0 spiro atoms. The molecule has 130 valence electrons. The first-order chi connectivity index (χ1) is 11.9. The molecule has 4 nitrogen and oxygen atoms in total. The standard InChI is InChI=1S/C18H16F3N3O/c1-25-15-5-4-14-16(23-15)13(6-7-22)17-12-3-2-11(18(19,20)21)8-10(12)9-24(14)17/h2-5,8H,6-7,9,22H2,1H3. The van der Waals surface area contributed by atoms with Crippen LogP contribution < -0.4 is 10.5 Å². The van der Waals surface area contributed by atoms with Crippen molar-refractivity contribution in [1.29, 1.82) is 0 Å². The molecule has 2 N–H and O–H groups in total. The van der Waals surface area contributed by atoms with E-state index in [4.69, 9.17) is 10.5 Å². The van der Waals surface area contributed by atoms with E-state index in [1.54, 1.807) is 19.2 Å². The van der Waals surface area contributed by atoms with Gasteiger partial charge in [0.1, 0.15) is 0 Å². The first kappa shape index (κ1) is 16.0. The Morgan fingerprint density at radius 3 is 2.72 bits per heavy atom. The van der Waals surface area contributed by atoms with Crippen LogP contribution in [0.5, 0.6) is 5.88 Å². The van der Waals surface area contributed by atoms with Crippen molar-refractivity contribution in [3.63, 3.8) is 0 Å². The van der Waals surface area contributed by atoms with E-state index in [1.165, 1.54) is 6.07 Å². The van der Waals surface area contributed by atoms with Gasteiger partial charge in [-0.2, -0.15) is 13.2 Å². The normalized spacial score (nSPS) is 13.2. The van der Waals surface area contributed by atoms with E-state index in [0.717, 1.165) is 33.9 Å². The van der Waals surface area contributed by atoms with Crippen molar-refractivity contribution in [2.45, 2.75) is 19.1 Å². The number of benzene rings is 1. The lowest BCUT2D eigenvalue weighted by Crippen LogP contribution is -2.06. The summed E-state index contributed by atoms with van der Waals surface area (Å²) in [5.41, 5.74) is 10.2. The molecule has 0 radical (unpaired) electrons. The van der Waals surface area contributed by atoms with Crippen LogP contribution in [-0.4, -0.2) is 23.2 Å². The number of halogens is 3. The number of alkyl halides is 3. The maximum Gasteiger partial charge on any atom is 0.416 e. The molecule has 2 aromatic heterocycles. The molecule has 1 aromatic carbocycles. The van der Waals surface area contributed by atoms with Crippen LogP contribution in [-0.2, 0) is 19.1 Å². The maximum absolute atomic E-state index is 13.0. The smallest absolute Gasteiger partial charge is 0.416 e. The van der Waals surface area contributed by atoms with E-state index in [2.05, 4.69) is 4.98 Å². The Labute approximate surface area is 142 Å². The van der Waals surface area contributed by atoms with E-state index < -0.39 is 11.7 Å². The Balaban J connectivity index is 1.95. The van der Waals surface area contributed by atoms with Crippen LogP contribution in [0.2, 0.25) is 0 Å². The molecule has 3 heterocycles. The number of ether oxygens (including phenoxy) is 1. The van der Waals surface area contributed by atoms with Crippen molar-refractivity contribution in [2.24, 2.45) is 5.73 Å². The van der Waals surface area contributed by atoms with Crippen LogP contribution in [0.15, 0.2) is 30.3 Å². The number of hydrogen-bond donors (Lipinski definition) is 1. The largest absolute Gasteiger partial charge is 0.481 e. The number of fused-ring (bicyclic) bond motifs is 5. The third-order valence-corrected chi connectivity index (χ3v) is 4.60. The highest BCUT2D eigenvalue weighted by Crippen LogP contribution is 2.43. The molecule has 0 aliphatic carbocycles. The summed E-state index contributed by atoms with van der Waals surface area (Å²) in [6, 6.07) is 7.56. The second-order valence-electron chi connectivity index (χ2n) is 6.04. The summed E-state index contributed by atoms with van der Waals surface area (Å²) in [6.45, 7) is 0.824. The lowest BCUT2D eigenvalue weighted by molar-refractivity contribution is -0.137. The van der Waals surface area contributed by atoms with Crippen LogP contribution in [0.25, 0.3) is 22.3 Å². The highest BCUT2D eigenvalue weighted by molar-refractivity contribution is 5.92. The van der Waals surface area contributed by atoms with Crippen LogP contribution >= 0.6 is 0 Å². The summed E-state index contributed by atoms with van der Waals surface area (Å²) in [7, 11) is 1.55. The fraction of sp³-hybridized carbons (Fsp3) is 0.278. The quantitative estimate of drug-likeness (QED) is 0.616.